The average Bonchev–Trinajstić information content (AvgIpc) is 2.46. The average molecular weight is 331 g/mol. The maximum atomic E-state index is 12.3. The topological polar surface area (TPSA) is 63.2 Å². The lowest BCUT2D eigenvalue weighted by Crippen LogP contribution is -2.15. The molecule has 0 unspecified atom stereocenters. The predicted molar refractivity (Wildman–Crippen MR) is 92.6 cm³/mol. The number of sulfone groups is 1. The van der Waals surface area contributed by atoms with E-state index in [0.29, 0.717) is 11.3 Å². The molecule has 0 bridgehead atoms. The van der Waals surface area contributed by atoms with Crippen molar-refractivity contribution in [3.05, 3.63) is 59.7 Å². The molecule has 0 aliphatic heterocycles. The number of hydrogen-bond donors (Lipinski definition) is 1. The van der Waals surface area contributed by atoms with Crippen LogP contribution < -0.4 is 5.32 Å². The van der Waals surface area contributed by atoms with E-state index in [1.54, 1.807) is 30.3 Å². The summed E-state index contributed by atoms with van der Waals surface area (Å²) < 4.78 is 23.6. The monoisotopic (exact) mass is 331 g/mol. The minimum Gasteiger partial charge on any atom is -0.321 e. The van der Waals surface area contributed by atoms with Crippen LogP contribution in [0.2, 0.25) is 0 Å². The van der Waals surface area contributed by atoms with Gasteiger partial charge in [0.05, 0.1) is 10.6 Å². The standard InChI is InChI=1S/C18H21NO3S/c1-18(2,3)14-11-9-13(10-12-14)17(20)19-15-7-5-6-8-16(15)23(4,21)22/h5-12H,1-4H3,(H,19,20). The maximum absolute atomic E-state index is 12.3. The lowest BCUT2D eigenvalue weighted by atomic mass is 9.87. The fourth-order valence-corrected chi connectivity index (χ4v) is 3.05. The minimum absolute atomic E-state index is 0.0118. The zero-order valence-electron chi connectivity index (χ0n) is 13.8. The summed E-state index contributed by atoms with van der Waals surface area (Å²) in [7, 11) is -3.40. The summed E-state index contributed by atoms with van der Waals surface area (Å²) in [6.45, 7) is 6.30. The summed E-state index contributed by atoms with van der Waals surface area (Å²) >= 11 is 0. The van der Waals surface area contributed by atoms with Gasteiger partial charge in [-0.15, -0.1) is 0 Å². The highest BCUT2D eigenvalue weighted by atomic mass is 32.2. The molecule has 0 aliphatic carbocycles. The number of amides is 1. The minimum atomic E-state index is -3.40. The van der Waals surface area contributed by atoms with Crippen LogP contribution in [0.5, 0.6) is 0 Å². The molecule has 23 heavy (non-hydrogen) atoms. The normalized spacial score (nSPS) is 12.0. The molecule has 1 amide bonds. The molecule has 2 aromatic rings. The number of hydrogen-bond acceptors (Lipinski definition) is 3. The molecule has 0 saturated carbocycles. The summed E-state index contributed by atoms with van der Waals surface area (Å²) in [5.41, 5.74) is 1.92. The Bertz CT molecular complexity index is 816. The lowest BCUT2D eigenvalue weighted by molar-refractivity contribution is 0.102. The Morgan fingerprint density at radius 1 is 0.957 bits per heavy atom. The molecular formula is C18H21NO3S. The molecule has 0 fully saturated rings. The van der Waals surface area contributed by atoms with Crippen molar-refractivity contribution in [3.63, 3.8) is 0 Å². The number of carbonyl (C=O) groups excluding carboxylic acids is 1. The molecule has 5 heteroatoms. The number of anilines is 1. The van der Waals surface area contributed by atoms with Crippen LogP contribution in [0.15, 0.2) is 53.4 Å². The Hall–Kier alpha value is -2.14. The van der Waals surface area contributed by atoms with Crippen molar-refractivity contribution in [2.75, 3.05) is 11.6 Å². The van der Waals surface area contributed by atoms with Crippen LogP contribution in [-0.2, 0) is 15.3 Å². The van der Waals surface area contributed by atoms with E-state index in [1.165, 1.54) is 6.07 Å². The molecule has 0 aliphatic rings. The van der Waals surface area contributed by atoms with E-state index in [1.807, 2.05) is 12.1 Å². The quantitative estimate of drug-likeness (QED) is 0.934. The summed E-state index contributed by atoms with van der Waals surface area (Å²) in [4.78, 5) is 12.5. The van der Waals surface area contributed by atoms with Crippen molar-refractivity contribution in [2.24, 2.45) is 0 Å². The van der Waals surface area contributed by atoms with Crippen molar-refractivity contribution >= 4 is 21.4 Å². The van der Waals surface area contributed by atoms with Crippen LogP contribution in [0.3, 0.4) is 0 Å². The summed E-state index contributed by atoms with van der Waals surface area (Å²) in [5.74, 6) is -0.332. The van der Waals surface area contributed by atoms with Crippen molar-refractivity contribution < 1.29 is 13.2 Å². The van der Waals surface area contributed by atoms with Gasteiger partial charge in [-0.05, 0) is 35.2 Å². The first-order valence-corrected chi connectivity index (χ1v) is 9.19. The molecule has 0 spiro atoms. The molecule has 0 saturated heterocycles. The van der Waals surface area contributed by atoms with Gasteiger partial charge in [-0.3, -0.25) is 4.79 Å². The van der Waals surface area contributed by atoms with Crippen LogP contribution in [0.25, 0.3) is 0 Å². The zero-order valence-corrected chi connectivity index (χ0v) is 14.6. The molecule has 2 rings (SSSR count). The largest absolute Gasteiger partial charge is 0.321 e. The number of nitrogens with one attached hydrogen (secondary N) is 1. The molecule has 0 atom stereocenters. The second kappa shape index (κ2) is 6.16. The van der Waals surface area contributed by atoms with Gasteiger partial charge in [0.1, 0.15) is 0 Å². The smallest absolute Gasteiger partial charge is 0.255 e. The Kier molecular flexibility index (Phi) is 4.61. The summed E-state index contributed by atoms with van der Waals surface area (Å²) in [5, 5.41) is 2.67. The fourth-order valence-electron chi connectivity index (χ4n) is 2.21. The lowest BCUT2D eigenvalue weighted by Gasteiger charge is -2.19. The predicted octanol–water partition coefficient (Wildman–Crippen LogP) is 3.64. The van der Waals surface area contributed by atoms with Crippen molar-refractivity contribution in [2.45, 2.75) is 31.1 Å². The van der Waals surface area contributed by atoms with Crippen molar-refractivity contribution in [1.82, 2.24) is 0 Å². The highest BCUT2D eigenvalue weighted by Gasteiger charge is 2.17. The third-order valence-electron chi connectivity index (χ3n) is 3.55. The van der Waals surface area contributed by atoms with E-state index < -0.39 is 9.84 Å². The van der Waals surface area contributed by atoms with Gasteiger partial charge in [0.15, 0.2) is 9.84 Å². The second-order valence-corrected chi connectivity index (χ2v) is 8.53. The van der Waals surface area contributed by atoms with E-state index >= 15 is 0 Å². The van der Waals surface area contributed by atoms with E-state index in [-0.39, 0.29) is 16.2 Å². The van der Waals surface area contributed by atoms with E-state index in [2.05, 4.69) is 26.1 Å². The zero-order chi connectivity index (χ0) is 17.3. The van der Waals surface area contributed by atoms with E-state index in [4.69, 9.17) is 0 Å². The molecule has 122 valence electrons. The van der Waals surface area contributed by atoms with E-state index in [0.717, 1.165) is 11.8 Å². The van der Waals surface area contributed by atoms with Crippen LogP contribution in [-0.4, -0.2) is 20.6 Å². The number of carbonyl (C=O) groups is 1. The van der Waals surface area contributed by atoms with Crippen LogP contribution in [0.1, 0.15) is 36.7 Å². The molecule has 0 heterocycles. The number of para-hydroxylation sites is 1. The Labute approximate surface area is 137 Å². The molecule has 2 aromatic carbocycles. The summed E-state index contributed by atoms with van der Waals surface area (Å²) in [6.07, 6.45) is 1.12. The first kappa shape index (κ1) is 17.2. The van der Waals surface area contributed by atoms with Gasteiger partial charge in [0.25, 0.3) is 5.91 Å². The van der Waals surface area contributed by atoms with Crippen molar-refractivity contribution in [3.8, 4) is 0 Å². The van der Waals surface area contributed by atoms with Gasteiger partial charge in [0, 0.05) is 11.8 Å². The molecular weight excluding hydrogens is 310 g/mol. The Morgan fingerprint density at radius 2 is 1.52 bits per heavy atom. The molecule has 1 N–H and O–H groups in total. The van der Waals surface area contributed by atoms with Crippen LogP contribution in [0.4, 0.5) is 5.69 Å². The fraction of sp³-hybridized carbons (Fsp3) is 0.278. The maximum Gasteiger partial charge on any atom is 0.255 e. The van der Waals surface area contributed by atoms with Crippen molar-refractivity contribution in [1.29, 1.82) is 0 Å². The SMILES string of the molecule is CC(C)(C)c1ccc(C(=O)Nc2ccccc2S(C)(=O)=O)cc1. The first-order valence-electron chi connectivity index (χ1n) is 7.30. The van der Waals surface area contributed by atoms with Gasteiger partial charge in [-0.25, -0.2) is 8.42 Å². The van der Waals surface area contributed by atoms with Gasteiger partial charge in [-0.1, -0.05) is 45.0 Å². The van der Waals surface area contributed by atoms with E-state index in [9.17, 15) is 13.2 Å². The second-order valence-electron chi connectivity index (χ2n) is 6.55. The third-order valence-corrected chi connectivity index (χ3v) is 4.70. The highest BCUT2D eigenvalue weighted by molar-refractivity contribution is 7.90. The number of rotatable bonds is 3. The highest BCUT2D eigenvalue weighted by Crippen LogP contribution is 2.24. The molecule has 0 aromatic heterocycles. The first-order chi connectivity index (χ1) is 10.6. The Morgan fingerprint density at radius 3 is 2.04 bits per heavy atom. The number of benzene rings is 2. The van der Waals surface area contributed by atoms with Gasteiger partial charge in [0.2, 0.25) is 0 Å². The van der Waals surface area contributed by atoms with Crippen LogP contribution >= 0.6 is 0 Å². The molecule has 0 radical (unpaired) electrons. The molecule has 4 nitrogen and oxygen atoms in total. The van der Waals surface area contributed by atoms with Gasteiger partial charge in [-0.2, -0.15) is 0 Å². The van der Waals surface area contributed by atoms with Gasteiger partial charge >= 0.3 is 0 Å². The third kappa shape index (κ3) is 4.20. The van der Waals surface area contributed by atoms with Crippen LogP contribution in [0, 0.1) is 0 Å². The summed E-state index contributed by atoms with van der Waals surface area (Å²) in [6, 6.07) is 13.7. The Balaban J connectivity index is 2.27. The van der Waals surface area contributed by atoms with Gasteiger partial charge < -0.3 is 5.32 Å².